The van der Waals surface area contributed by atoms with E-state index < -0.39 is 0 Å². The van der Waals surface area contributed by atoms with Crippen LogP contribution in [0.2, 0.25) is 0 Å². The Morgan fingerprint density at radius 2 is 1.90 bits per heavy atom. The largest absolute Gasteiger partial charge is 0.347 e. The van der Waals surface area contributed by atoms with Gasteiger partial charge in [0.05, 0.1) is 23.9 Å². The molecule has 9 nitrogen and oxygen atoms in total. The van der Waals surface area contributed by atoms with Gasteiger partial charge in [-0.2, -0.15) is 15.0 Å². The van der Waals surface area contributed by atoms with E-state index in [1.54, 1.807) is 6.33 Å². The molecule has 1 saturated heterocycles. The Morgan fingerprint density at radius 3 is 2.69 bits per heavy atom. The summed E-state index contributed by atoms with van der Waals surface area (Å²) in [4.78, 5) is 34.5. The van der Waals surface area contributed by atoms with Crippen LogP contribution in [-0.4, -0.2) is 57.6 Å². The van der Waals surface area contributed by atoms with E-state index in [1.807, 2.05) is 47.8 Å². The number of nitrogens with one attached hydrogen (secondary N) is 1. The second-order valence-electron chi connectivity index (χ2n) is 7.43. The van der Waals surface area contributed by atoms with Gasteiger partial charge < -0.3 is 19.7 Å². The fourth-order valence-corrected chi connectivity index (χ4v) is 3.43. The molecule has 1 N–H and O–H groups in total. The lowest BCUT2D eigenvalue weighted by Crippen LogP contribution is -2.33. The molecule has 0 radical (unpaired) electrons. The maximum atomic E-state index is 12.5. The van der Waals surface area contributed by atoms with Crippen molar-refractivity contribution in [3.8, 4) is 0 Å². The highest BCUT2D eigenvalue weighted by Crippen LogP contribution is 2.18. The number of rotatable bonds is 6. The molecule has 2 aromatic heterocycles. The number of hydrogen-bond donors (Lipinski definition) is 1. The van der Waals surface area contributed by atoms with Gasteiger partial charge in [0.15, 0.2) is 5.82 Å². The van der Waals surface area contributed by atoms with E-state index in [1.165, 1.54) is 6.42 Å². The second kappa shape index (κ2) is 8.42. The van der Waals surface area contributed by atoms with Crippen molar-refractivity contribution in [3.05, 3.63) is 36.4 Å². The first-order valence-corrected chi connectivity index (χ1v) is 9.94. The molecule has 29 heavy (non-hydrogen) atoms. The monoisotopic (exact) mass is 394 g/mol. The zero-order valence-corrected chi connectivity index (χ0v) is 16.9. The SMILES string of the molecule is CN(C)c1nc(CNC(=O)Cn2cnc3ccccc32)nc(N2CCCCC2)n1. The van der Waals surface area contributed by atoms with Crippen LogP contribution in [0.25, 0.3) is 11.0 Å². The lowest BCUT2D eigenvalue weighted by Gasteiger charge is -2.27. The Labute approximate surface area is 169 Å². The van der Waals surface area contributed by atoms with Gasteiger partial charge in [0, 0.05) is 27.2 Å². The third-order valence-corrected chi connectivity index (χ3v) is 4.98. The fraction of sp³-hybridized carbons (Fsp3) is 0.450. The van der Waals surface area contributed by atoms with Crippen molar-refractivity contribution in [2.24, 2.45) is 0 Å². The van der Waals surface area contributed by atoms with Gasteiger partial charge in [-0.05, 0) is 31.4 Å². The van der Waals surface area contributed by atoms with Crippen LogP contribution in [0.15, 0.2) is 30.6 Å². The molecule has 1 aliphatic rings. The molecular formula is C20H26N8O. The Bertz CT molecular complexity index is 993. The van der Waals surface area contributed by atoms with Crippen LogP contribution in [0.3, 0.4) is 0 Å². The first-order chi connectivity index (χ1) is 14.1. The third-order valence-electron chi connectivity index (χ3n) is 4.98. The van der Waals surface area contributed by atoms with Gasteiger partial charge in [0.25, 0.3) is 0 Å². The number of anilines is 2. The summed E-state index contributed by atoms with van der Waals surface area (Å²) in [6.45, 7) is 2.37. The summed E-state index contributed by atoms with van der Waals surface area (Å²) in [5, 5.41) is 2.92. The number of carbonyl (C=O) groups excluding carboxylic acids is 1. The number of fused-ring (bicyclic) bond motifs is 1. The number of carbonyl (C=O) groups is 1. The van der Waals surface area contributed by atoms with Crippen molar-refractivity contribution < 1.29 is 4.79 Å². The lowest BCUT2D eigenvalue weighted by molar-refractivity contribution is -0.121. The van der Waals surface area contributed by atoms with E-state index >= 15 is 0 Å². The smallest absolute Gasteiger partial charge is 0.240 e. The first kappa shape index (κ1) is 19.1. The number of amides is 1. The van der Waals surface area contributed by atoms with Crippen LogP contribution in [0.1, 0.15) is 25.1 Å². The molecule has 0 bridgehead atoms. The highest BCUT2D eigenvalue weighted by atomic mass is 16.1. The molecule has 0 atom stereocenters. The normalized spacial score (nSPS) is 14.2. The molecular weight excluding hydrogens is 368 g/mol. The van der Waals surface area contributed by atoms with Gasteiger partial charge in [-0.1, -0.05) is 12.1 Å². The quantitative estimate of drug-likeness (QED) is 0.679. The number of imidazole rings is 1. The predicted molar refractivity (Wildman–Crippen MR) is 112 cm³/mol. The molecule has 1 aromatic carbocycles. The van der Waals surface area contributed by atoms with Crippen LogP contribution in [-0.2, 0) is 17.9 Å². The van der Waals surface area contributed by atoms with E-state index in [2.05, 4.69) is 30.2 Å². The number of nitrogens with zero attached hydrogens (tertiary/aromatic N) is 7. The summed E-state index contributed by atoms with van der Waals surface area (Å²) in [5.41, 5.74) is 1.81. The Morgan fingerprint density at radius 1 is 1.10 bits per heavy atom. The molecule has 0 saturated carbocycles. The van der Waals surface area contributed by atoms with E-state index in [0.29, 0.717) is 17.7 Å². The molecule has 152 valence electrons. The third kappa shape index (κ3) is 4.44. The Hall–Kier alpha value is -3.23. The molecule has 3 heterocycles. The standard InChI is InChI=1S/C20H26N8O/c1-26(2)19-23-17(24-20(25-19)27-10-6-3-7-11-27)12-21-18(29)13-28-14-22-15-8-4-5-9-16(15)28/h4-5,8-9,14H,3,6-7,10-13H2,1-2H3,(H,21,29). The molecule has 0 spiro atoms. The minimum atomic E-state index is -0.112. The van der Waals surface area contributed by atoms with Crippen molar-refractivity contribution in [1.29, 1.82) is 0 Å². The van der Waals surface area contributed by atoms with Crippen molar-refractivity contribution >= 4 is 28.8 Å². The van der Waals surface area contributed by atoms with Gasteiger partial charge in [-0.3, -0.25) is 4.79 Å². The van der Waals surface area contributed by atoms with Gasteiger partial charge in [0.2, 0.25) is 17.8 Å². The number of benzene rings is 1. The second-order valence-corrected chi connectivity index (χ2v) is 7.43. The summed E-state index contributed by atoms with van der Waals surface area (Å²) >= 11 is 0. The highest BCUT2D eigenvalue weighted by molar-refractivity contribution is 5.80. The van der Waals surface area contributed by atoms with Crippen molar-refractivity contribution in [2.75, 3.05) is 37.0 Å². The van der Waals surface area contributed by atoms with Crippen molar-refractivity contribution in [1.82, 2.24) is 29.8 Å². The van der Waals surface area contributed by atoms with E-state index in [4.69, 9.17) is 0 Å². The van der Waals surface area contributed by atoms with E-state index in [-0.39, 0.29) is 19.0 Å². The molecule has 0 unspecified atom stereocenters. The van der Waals surface area contributed by atoms with Crippen LogP contribution in [0.5, 0.6) is 0 Å². The molecule has 9 heteroatoms. The Kier molecular flexibility index (Phi) is 5.55. The zero-order chi connectivity index (χ0) is 20.2. The number of aromatic nitrogens is 5. The molecule has 4 rings (SSSR count). The summed E-state index contributed by atoms with van der Waals surface area (Å²) < 4.78 is 1.84. The van der Waals surface area contributed by atoms with Crippen molar-refractivity contribution in [2.45, 2.75) is 32.4 Å². The fourth-order valence-electron chi connectivity index (χ4n) is 3.43. The minimum absolute atomic E-state index is 0.112. The number of hydrogen-bond acceptors (Lipinski definition) is 7. The lowest BCUT2D eigenvalue weighted by atomic mass is 10.1. The van der Waals surface area contributed by atoms with Crippen LogP contribution in [0.4, 0.5) is 11.9 Å². The van der Waals surface area contributed by atoms with E-state index in [0.717, 1.165) is 37.0 Å². The van der Waals surface area contributed by atoms with Crippen LogP contribution in [0, 0.1) is 0 Å². The molecule has 1 aliphatic heterocycles. The highest BCUT2D eigenvalue weighted by Gasteiger charge is 2.17. The van der Waals surface area contributed by atoms with Crippen molar-refractivity contribution in [3.63, 3.8) is 0 Å². The predicted octanol–water partition coefficient (Wildman–Crippen LogP) is 1.59. The first-order valence-electron chi connectivity index (χ1n) is 9.94. The maximum absolute atomic E-state index is 12.5. The zero-order valence-electron chi connectivity index (χ0n) is 16.9. The average Bonchev–Trinajstić information content (AvgIpc) is 3.15. The molecule has 1 amide bonds. The molecule has 0 aliphatic carbocycles. The minimum Gasteiger partial charge on any atom is -0.347 e. The summed E-state index contributed by atoms with van der Waals surface area (Å²) in [5.74, 6) is 1.74. The van der Waals surface area contributed by atoms with Gasteiger partial charge in [-0.15, -0.1) is 0 Å². The van der Waals surface area contributed by atoms with Gasteiger partial charge >= 0.3 is 0 Å². The Balaban J connectivity index is 1.45. The molecule has 1 fully saturated rings. The molecule has 3 aromatic rings. The van der Waals surface area contributed by atoms with E-state index in [9.17, 15) is 4.79 Å². The maximum Gasteiger partial charge on any atom is 0.240 e. The summed E-state index contributed by atoms with van der Waals surface area (Å²) in [6.07, 6.45) is 5.22. The van der Waals surface area contributed by atoms with Gasteiger partial charge in [0.1, 0.15) is 6.54 Å². The average molecular weight is 394 g/mol. The number of para-hydroxylation sites is 2. The van der Waals surface area contributed by atoms with Gasteiger partial charge in [-0.25, -0.2) is 4.98 Å². The van der Waals surface area contributed by atoms with Crippen LogP contribution < -0.4 is 15.1 Å². The topological polar surface area (TPSA) is 92.1 Å². The summed E-state index contributed by atoms with van der Waals surface area (Å²) in [7, 11) is 3.81. The van der Waals surface area contributed by atoms with Crippen LogP contribution >= 0.6 is 0 Å². The summed E-state index contributed by atoms with van der Waals surface area (Å²) in [6, 6.07) is 7.76. The number of piperidine rings is 1.